The van der Waals surface area contributed by atoms with E-state index < -0.39 is 0 Å². The van der Waals surface area contributed by atoms with E-state index in [2.05, 4.69) is 0 Å². The second-order valence-corrected chi connectivity index (χ2v) is 4.41. The standard InChI is InChI=1S/C12H18ClNO2/c1-8-5-12(16-4)9(6-10(8)13)11(7-15)14(2)3/h5-6,11,15H,7H2,1-4H3. The average molecular weight is 244 g/mol. The van der Waals surface area contributed by atoms with E-state index >= 15 is 0 Å². The summed E-state index contributed by atoms with van der Waals surface area (Å²) >= 11 is 6.09. The molecule has 0 bridgehead atoms. The van der Waals surface area contributed by atoms with Crippen LogP contribution in [0.15, 0.2) is 12.1 Å². The number of likely N-dealkylation sites (N-methyl/N-ethyl adjacent to an activating group) is 1. The van der Waals surface area contributed by atoms with Crippen LogP contribution in [0.5, 0.6) is 5.75 Å². The number of aliphatic hydroxyl groups excluding tert-OH is 1. The first-order chi connectivity index (χ1) is 7.51. The van der Waals surface area contributed by atoms with Gasteiger partial charge in [0.25, 0.3) is 0 Å². The van der Waals surface area contributed by atoms with Gasteiger partial charge in [0, 0.05) is 10.6 Å². The Labute approximate surface area is 102 Å². The number of hydrogen-bond acceptors (Lipinski definition) is 3. The van der Waals surface area contributed by atoms with Gasteiger partial charge < -0.3 is 14.7 Å². The molecule has 0 aromatic heterocycles. The van der Waals surface area contributed by atoms with Gasteiger partial charge in [0.1, 0.15) is 5.75 Å². The third-order valence-electron chi connectivity index (χ3n) is 2.67. The van der Waals surface area contributed by atoms with Crippen molar-refractivity contribution in [3.8, 4) is 5.75 Å². The molecule has 4 heteroatoms. The largest absolute Gasteiger partial charge is 0.496 e. The van der Waals surface area contributed by atoms with Crippen LogP contribution < -0.4 is 4.74 Å². The van der Waals surface area contributed by atoms with Crippen molar-refractivity contribution in [1.82, 2.24) is 4.90 Å². The molecule has 0 radical (unpaired) electrons. The zero-order chi connectivity index (χ0) is 12.3. The molecule has 0 saturated heterocycles. The Kier molecular flexibility index (Phi) is 4.59. The Morgan fingerprint density at radius 1 is 1.44 bits per heavy atom. The van der Waals surface area contributed by atoms with Crippen LogP contribution >= 0.6 is 11.6 Å². The summed E-state index contributed by atoms with van der Waals surface area (Å²) in [6.07, 6.45) is 0. The minimum Gasteiger partial charge on any atom is -0.496 e. The molecule has 1 aromatic carbocycles. The lowest BCUT2D eigenvalue weighted by Crippen LogP contribution is -2.23. The summed E-state index contributed by atoms with van der Waals surface area (Å²) in [6, 6.07) is 3.65. The number of halogens is 1. The van der Waals surface area contributed by atoms with Crippen molar-refractivity contribution < 1.29 is 9.84 Å². The number of hydrogen-bond donors (Lipinski definition) is 1. The molecular weight excluding hydrogens is 226 g/mol. The van der Waals surface area contributed by atoms with Crippen molar-refractivity contribution in [3.05, 3.63) is 28.3 Å². The second kappa shape index (κ2) is 5.53. The molecule has 1 N–H and O–H groups in total. The third kappa shape index (κ3) is 2.67. The Hall–Kier alpha value is -0.770. The molecular formula is C12H18ClNO2. The monoisotopic (exact) mass is 243 g/mol. The fourth-order valence-corrected chi connectivity index (χ4v) is 1.82. The molecule has 0 amide bonds. The Morgan fingerprint density at radius 2 is 2.06 bits per heavy atom. The third-order valence-corrected chi connectivity index (χ3v) is 3.07. The van der Waals surface area contributed by atoms with E-state index in [4.69, 9.17) is 16.3 Å². The molecule has 16 heavy (non-hydrogen) atoms. The van der Waals surface area contributed by atoms with Crippen LogP contribution in [-0.2, 0) is 0 Å². The van der Waals surface area contributed by atoms with Crippen LogP contribution in [0.3, 0.4) is 0 Å². The number of methoxy groups -OCH3 is 1. The summed E-state index contributed by atoms with van der Waals surface area (Å²) in [4.78, 5) is 1.93. The van der Waals surface area contributed by atoms with Gasteiger partial charge in [-0.2, -0.15) is 0 Å². The van der Waals surface area contributed by atoms with Crippen molar-refractivity contribution >= 4 is 11.6 Å². The van der Waals surface area contributed by atoms with Crippen molar-refractivity contribution in [1.29, 1.82) is 0 Å². The van der Waals surface area contributed by atoms with Gasteiger partial charge in [-0.25, -0.2) is 0 Å². The molecule has 1 atom stereocenters. The normalized spacial score (nSPS) is 12.9. The number of ether oxygens (including phenoxy) is 1. The maximum absolute atomic E-state index is 9.39. The van der Waals surface area contributed by atoms with Crippen LogP contribution in [0.2, 0.25) is 5.02 Å². The topological polar surface area (TPSA) is 32.7 Å². The maximum Gasteiger partial charge on any atom is 0.124 e. The number of aryl methyl sites for hydroxylation is 1. The number of nitrogens with zero attached hydrogens (tertiary/aromatic N) is 1. The average Bonchev–Trinajstić information content (AvgIpc) is 2.23. The second-order valence-electron chi connectivity index (χ2n) is 4.01. The van der Waals surface area contributed by atoms with Gasteiger partial charge in [0.15, 0.2) is 0 Å². The van der Waals surface area contributed by atoms with Gasteiger partial charge >= 0.3 is 0 Å². The highest BCUT2D eigenvalue weighted by atomic mass is 35.5. The SMILES string of the molecule is COc1cc(C)c(Cl)cc1C(CO)N(C)C. The van der Waals surface area contributed by atoms with Gasteiger partial charge in [0.2, 0.25) is 0 Å². The molecule has 0 aliphatic rings. The first kappa shape index (κ1) is 13.3. The maximum atomic E-state index is 9.39. The van der Waals surface area contributed by atoms with Gasteiger partial charge in [-0.05, 0) is 38.7 Å². The molecule has 0 aliphatic heterocycles. The van der Waals surface area contributed by atoms with E-state index in [1.165, 1.54) is 0 Å². The van der Waals surface area contributed by atoms with Crippen LogP contribution in [0.4, 0.5) is 0 Å². The first-order valence-corrected chi connectivity index (χ1v) is 5.50. The van der Waals surface area contributed by atoms with Crippen LogP contribution in [0.1, 0.15) is 17.2 Å². The summed E-state index contributed by atoms with van der Waals surface area (Å²) in [7, 11) is 5.44. The minimum atomic E-state index is -0.104. The molecule has 1 unspecified atom stereocenters. The molecule has 90 valence electrons. The highest BCUT2D eigenvalue weighted by Gasteiger charge is 2.18. The zero-order valence-electron chi connectivity index (χ0n) is 10.1. The van der Waals surface area contributed by atoms with E-state index in [0.717, 1.165) is 16.9 Å². The Balaban J connectivity index is 3.24. The molecule has 3 nitrogen and oxygen atoms in total. The van der Waals surface area contributed by atoms with Crippen molar-refractivity contribution in [2.75, 3.05) is 27.8 Å². The van der Waals surface area contributed by atoms with Crippen LogP contribution in [0, 0.1) is 6.92 Å². The fraction of sp³-hybridized carbons (Fsp3) is 0.500. The minimum absolute atomic E-state index is 0.0305. The van der Waals surface area contributed by atoms with Gasteiger partial charge in [0.05, 0.1) is 19.8 Å². The quantitative estimate of drug-likeness (QED) is 0.881. The summed E-state index contributed by atoms with van der Waals surface area (Å²) in [5, 5.41) is 10.1. The highest BCUT2D eigenvalue weighted by Crippen LogP contribution is 2.32. The van der Waals surface area contributed by atoms with Crippen LogP contribution in [-0.4, -0.2) is 37.8 Å². The van der Waals surface area contributed by atoms with Gasteiger partial charge in [-0.15, -0.1) is 0 Å². The fourth-order valence-electron chi connectivity index (χ4n) is 1.65. The number of aliphatic hydroxyl groups is 1. The Morgan fingerprint density at radius 3 is 2.50 bits per heavy atom. The highest BCUT2D eigenvalue weighted by molar-refractivity contribution is 6.31. The summed E-state index contributed by atoms with van der Waals surface area (Å²) in [6.45, 7) is 1.96. The van der Waals surface area contributed by atoms with Gasteiger partial charge in [-0.1, -0.05) is 11.6 Å². The summed E-state index contributed by atoms with van der Waals surface area (Å²) in [5.74, 6) is 0.759. The summed E-state index contributed by atoms with van der Waals surface area (Å²) in [5.41, 5.74) is 1.88. The molecule has 0 fully saturated rings. The van der Waals surface area contributed by atoms with Crippen LogP contribution in [0.25, 0.3) is 0 Å². The predicted octanol–water partition coefficient (Wildman–Crippen LogP) is 2.25. The molecule has 0 saturated carbocycles. The lowest BCUT2D eigenvalue weighted by Gasteiger charge is -2.24. The van der Waals surface area contributed by atoms with Crippen molar-refractivity contribution in [2.24, 2.45) is 0 Å². The predicted molar refractivity (Wildman–Crippen MR) is 66.3 cm³/mol. The first-order valence-electron chi connectivity index (χ1n) is 5.12. The number of rotatable bonds is 4. The lowest BCUT2D eigenvalue weighted by atomic mass is 10.0. The van der Waals surface area contributed by atoms with Crippen molar-refractivity contribution in [3.63, 3.8) is 0 Å². The van der Waals surface area contributed by atoms with E-state index in [0.29, 0.717) is 5.02 Å². The van der Waals surface area contributed by atoms with E-state index in [-0.39, 0.29) is 12.6 Å². The number of benzene rings is 1. The van der Waals surface area contributed by atoms with E-state index in [1.807, 2.05) is 38.1 Å². The summed E-state index contributed by atoms with van der Waals surface area (Å²) < 4.78 is 5.32. The lowest BCUT2D eigenvalue weighted by molar-refractivity contribution is 0.168. The molecule has 1 rings (SSSR count). The molecule has 0 heterocycles. The van der Waals surface area contributed by atoms with Gasteiger partial charge in [-0.3, -0.25) is 0 Å². The Bertz CT molecular complexity index is 366. The molecule has 0 spiro atoms. The molecule has 1 aromatic rings. The van der Waals surface area contributed by atoms with E-state index in [9.17, 15) is 5.11 Å². The zero-order valence-corrected chi connectivity index (χ0v) is 10.9. The van der Waals surface area contributed by atoms with E-state index in [1.54, 1.807) is 7.11 Å². The molecule has 0 aliphatic carbocycles. The smallest absolute Gasteiger partial charge is 0.124 e. The van der Waals surface area contributed by atoms with Crippen molar-refractivity contribution in [2.45, 2.75) is 13.0 Å².